The van der Waals surface area contributed by atoms with Crippen molar-refractivity contribution in [3.8, 4) is 0 Å². The van der Waals surface area contributed by atoms with Crippen molar-refractivity contribution in [2.45, 2.75) is 46.1 Å². The molecule has 1 aromatic rings. The molecule has 1 aliphatic carbocycles. The summed E-state index contributed by atoms with van der Waals surface area (Å²) >= 11 is 0. The number of likely N-dealkylation sites (tertiary alicyclic amines) is 2. The van der Waals surface area contributed by atoms with Crippen LogP contribution in [0.15, 0.2) is 18.2 Å². The molecule has 26 heavy (non-hydrogen) atoms. The second-order valence-electron chi connectivity index (χ2n) is 9.01. The van der Waals surface area contributed by atoms with Gasteiger partial charge in [0.1, 0.15) is 0 Å². The molecule has 0 aromatic heterocycles. The first-order chi connectivity index (χ1) is 12.7. The number of hydrogen-bond donors (Lipinski definition) is 0. The van der Waals surface area contributed by atoms with E-state index in [0.29, 0.717) is 0 Å². The van der Waals surface area contributed by atoms with Crippen molar-refractivity contribution in [3.63, 3.8) is 0 Å². The maximum atomic E-state index is 6.02. The molecule has 0 bridgehead atoms. The van der Waals surface area contributed by atoms with Gasteiger partial charge < -0.3 is 9.64 Å². The second-order valence-corrected chi connectivity index (χ2v) is 9.01. The molecule has 3 aliphatic rings. The lowest BCUT2D eigenvalue weighted by Crippen LogP contribution is -2.31. The smallest absolute Gasteiger partial charge is 0.0500 e. The van der Waals surface area contributed by atoms with E-state index >= 15 is 0 Å². The van der Waals surface area contributed by atoms with E-state index < -0.39 is 0 Å². The molecule has 144 valence electrons. The summed E-state index contributed by atoms with van der Waals surface area (Å²) in [6.07, 6.45) is 5.43. The van der Waals surface area contributed by atoms with E-state index in [1.807, 2.05) is 0 Å². The van der Waals surface area contributed by atoms with Gasteiger partial charge in [-0.3, -0.25) is 4.90 Å². The fourth-order valence-corrected chi connectivity index (χ4v) is 5.32. The van der Waals surface area contributed by atoms with Gasteiger partial charge in [0.2, 0.25) is 0 Å². The Morgan fingerprint density at radius 1 is 0.923 bits per heavy atom. The van der Waals surface area contributed by atoms with Crippen molar-refractivity contribution in [1.29, 1.82) is 0 Å². The molecule has 1 saturated carbocycles. The molecule has 0 spiro atoms. The van der Waals surface area contributed by atoms with Gasteiger partial charge in [-0.05, 0) is 69.5 Å². The van der Waals surface area contributed by atoms with Crippen molar-refractivity contribution < 1.29 is 4.74 Å². The van der Waals surface area contributed by atoms with E-state index in [1.165, 1.54) is 75.1 Å². The minimum Gasteiger partial charge on any atom is -0.381 e. The molecule has 0 radical (unpaired) electrons. The van der Waals surface area contributed by atoms with E-state index in [4.69, 9.17) is 4.74 Å². The average molecular weight is 357 g/mol. The first-order valence-electron chi connectivity index (χ1n) is 10.8. The number of piperidine rings is 2. The van der Waals surface area contributed by atoms with Gasteiger partial charge in [0, 0.05) is 32.8 Å². The molecule has 0 amide bonds. The maximum absolute atomic E-state index is 6.02. The highest BCUT2D eigenvalue weighted by molar-refractivity contribution is 5.28. The summed E-state index contributed by atoms with van der Waals surface area (Å²) in [5, 5.41) is 0. The Morgan fingerprint density at radius 3 is 2.31 bits per heavy atom. The first kappa shape index (κ1) is 18.5. The van der Waals surface area contributed by atoms with Crippen molar-refractivity contribution in [1.82, 2.24) is 9.80 Å². The average Bonchev–Trinajstić information content (AvgIpc) is 3.06. The Kier molecular flexibility index (Phi) is 5.97. The highest BCUT2D eigenvalue weighted by Crippen LogP contribution is 2.52. The minimum atomic E-state index is 0.848. The Bertz CT molecular complexity index is 564. The van der Waals surface area contributed by atoms with Crippen LogP contribution in [0.25, 0.3) is 0 Å². The van der Waals surface area contributed by atoms with Gasteiger partial charge in [0.25, 0.3) is 0 Å². The zero-order valence-electron chi connectivity index (χ0n) is 16.8. The van der Waals surface area contributed by atoms with E-state index in [1.54, 1.807) is 0 Å². The largest absolute Gasteiger partial charge is 0.381 e. The summed E-state index contributed by atoms with van der Waals surface area (Å²) in [6, 6.07) is 6.96. The minimum absolute atomic E-state index is 0.848. The lowest BCUT2D eigenvalue weighted by Gasteiger charge is -2.26. The van der Waals surface area contributed by atoms with Crippen LogP contribution in [0, 0.1) is 31.6 Å². The van der Waals surface area contributed by atoms with Crippen LogP contribution in [-0.4, -0.2) is 55.7 Å². The van der Waals surface area contributed by atoms with Crippen LogP contribution in [0.3, 0.4) is 0 Å². The molecule has 2 aliphatic heterocycles. The quantitative estimate of drug-likeness (QED) is 0.658. The van der Waals surface area contributed by atoms with Crippen LogP contribution in [0.5, 0.6) is 0 Å². The summed E-state index contributed by atoms with van der Waals surface area (Å²) in [4.78, 5) is 5.26. The zero-order chi connectivity index (χ0) is 17.9. The van der Waals surface area contributed by atoms with Crippen molar-refractivity contribution in [2.75, 3.05) is 45.9 Å². The number of hydrogen-bond acceptors (Lipinski definition) is 3. The summed E-state index contributed by atoms with van der Waals surface area (Å²) < 4.78 is 6.02. The monoisotopic (exact) mass is 356 g/mol. The van der Waals surface area contributed by atoms with Gasteiger partial charge in [-0.2, -0.15) is 0 Å². The van der Waals surface area contributed by atoms with Crippen molar-refractivity contribution >= 4 is 0 Å². The Balaban J connectivity index is 1.10. The number of ether oxygens (including phenoxy) is 1. The predicted octanol–water partition coefficient (Wildman–Crippen LogP) is 3.87. The van der Waals surface area contributed by atoms with Crippen LogP contribution in [0.1, 0.15) is 42.4 Å². The number of aryl methyl sites for hydroxylation is 2. The van der Waals surface area contributed by atoms with Gasteiger partial charge in [-0.1, -0.05) is 35.7 Å². The predicted molar refractivity (Wildman–Crippen MR) is 107 cm³/mol. The molecule has 3 atom stereocenters. The number of fused-ring (bicyclic) bond motifs is 1. The Morgan fingerprint density at radius 2 is 1.62 bits per heavy atom. The second kappa shape index (κ2) is 8.41. The first-order valence-corrected chi connectivity index (χ1v) is 10.8. The number of benzene rings is 1. The van der Waals surface area contributed by atoms with Crippen LogP contribution in [-0.2, 0) is 11.3 Å². The van der Waals surface area contributed by atoms with E-state index in [-0.39, 0.29) is 0 Å². The van der Waals surface area contributed by atoms with Crippen molar-refractivity contribution in [2.24, 2.45) is 17.8 Å². The highest BCUT2D eigenvalue weighted by Gasteiger charge is 2.55. The maximum Gasteiger partial charge on any atom is 0.0500 e. The zero-order valence-corrected chi connectivity index (χ0v) is 16.8. The molecule has 3 nitrogen and oxygen atoms in total. The van der Waals surface area contributed by atoms with Crippen LogP contribution in [0.4, 0.5) is 0 Å². The molecule has 0 N–H and O–H groups in total. The topological polar surface area (TPSA) is 15.7 Å². The molecular formula is C23H36N2O. The van der Waals surface area contributed by atoms with E-state index in [0.717, 1.165) is 37.5 Å². The molecule has 4 rings (SSSR count). The van der Waals surface area contributed by atoms with Crippen LogP contribution < -0.4 is 0 Å². The molecule has 1 aromatic carbocycles. The molecule has 2 heterocycles. The molecular weight excluding hydrogens is 320 g/mol. The standard InChI is InChI=1S/C23H36N2O/c1-18-11-19(2)13-20(12-18)14-25-15-21-22(16-25)23(21)17-26-10-6-9-24-7-4-3-5-8-24/h11-13,21-23H,3-10,14-17H2,1-2H3/t21-,22+,23+. The van der Waals surface area contributed by atoms with Crippen LogP contribution in [0.2, 0.25) is 0 Å². The summed E-state index contributed by atoms with van der Waals surface area (Å²) in [7, 11) is 0. The lowest BCUT2D eigenvalue weighted by atomic mass is 10.1. The van der Waals surface area contributed by atoms with Gasteiger partial charge in [0.05, 0.1) is 6.61 Å². The third-order valence-corrected chi connectivity index (χ3v) is 6.66. The lowest BCUT2D eigenvalue weighted by molar-refractivity contribution is 0.0967. The van der Waals surface area contributed by atoms with Gasteiger partial charge in [0.15, 0.2) is 0 Å². The normalized spacial score (nSPS) is 29.1. The number of nitrogens with zero attached hydrogens (tertiary/aromatic N) is 2. The summed E-state index contributed by atoms with van der Waals surface area (Å²) in [5.41, 5.74) is 4.26. The summed E-state index contributed by atoms with van der Waals surface area (Å²) in [6.45, 7) is 13.9. The number of rotatable bonds is 8. The van der Waals surface area contributed by atoms with Gasteiger partial charge in [-0.25, -0.2) is 0 Å². The Hall–Kier alpha value is -0.900. The third kappa shape index (κ3) is 4.68. The molecule has 0 unspecified atom stereocenters. The van der Waals surface area contributed by atoms with Crippen LogP contribution >= 0.6 is 0 Å². The third-order valence-electron chi connectivity index (χ3n) is 6.66. The Labute approximate surface area is 159 Å². The fraction of sp³-hybridized carbons (Fsp3) is 0.739. The SMILES string of the molecule is Cc1cc(C)cc(CN2C[C@@H]3[C@@H](COCCCN4CCCCC4)[C@@H]3C2)c1. The van der Waals surface area contributed by atoms with E-state index in [9.17, 15) is 0 Å². The highest BCUT2D eigenvalue weighted by atomic mass is 16.5. The summed E-state index contributed by atoms with van der Waals surface area (Å²) in [5.74, 6) is 2.66. The van der Waals surface area contributed by atoms with Gasteiger partial charge in [-0.15, -0.1) is 0 Å². The fourth-order valence-electron chi connectivity index (χ4n) is 5.32. The molecule has 3 heteroatoms. The molecule has 2 saturated heterocycles. The van der Waals surface area contributed by atoms with Crippen molar-refractivity contribution in [3.05, 3.63) is 34.9 Å². The van der Waals surface area contributed by atoms with Gasteiger partial charge >= 0.3 is 0 Å². The molecule has 3 fully saturated rings. The van der Waals surface area contributed by atoms with E-state index in [2.05, 4.69) is 41.8 Å².